The Morgan fingerprint density at radius 1 is 1.20 bits per heavy atom. The zero-order valence-corrected chi connectivity index (χ0v) is 15.4. The molecule has 1 aromatic carbocycles. The summed E-state index contributed by atoms with van der Waals surface area (Å²) in [6, 6.07) is 6.89. The van der Waals surface area contributed by atoms with Gasteiger partial charge in [0.05, 0.1) is 31.0 Å². The molecule has 0 aromatic heterocycles. The Morgan fingerprint density at radius 2 is 1.88 bits per heavy atom. The number of hydrogen-bond acceptors (Lipinski definition) is 3. The summed E-state index contributed by atoms with van der Waals surface area (Å²) in [6.45, 7) is 6.71. The van der Waals surface area contributed by atoms with Crippen LogP contribution in [0.5, 0.6) is 5.75 Å². The van der Waals surface area contributed by atoms with Gasteiger partial charge < -0.3 is 15.0 Å². The van der Waals surface area contributed by atoms with Crippen molar-refractivity contribution in [2.45, 2.75) is 32.9 Å². The van der Waals surface area contributed by atoms with Crippen LogP contribution in [-0.4, -0.2) is 48.5 Å². The quantitative estimate of drug-likeness (QED) is 0.914. The Hall–Kier alpha value is -2.50. The van der Waals surface area contributed by atoms with Gasteiger partial charge in [0.25, 0.3) is 5.91 Å². The molecule has 0 radical (unpaired) electrons. The Balaban J connectivity index is 2.06. The minimum absolute atomic E-state index is 0.0149. The lowest BCUT2D eigenvalue weighted by molar-refractivity contribution is -0.128. The van der Waals surface area contributed by atoms with Gasteiger partial charge in [-0.15, -0.1) is 0 Å². The van der Waals surface area contributed by atoms with Crippen LogP contribution in [-0.2, 0) is 4.79 Å². The van der Waals surface area contributed by atoms with Crippen LogP contribution in [0, 0.1) is 5.92 Å². The molecule has 0 unspecified atom stereocenters. The Labute approximate surface area is 148 Å². The molecule has 0 fully saturated rings. The van der Waals surface area contributed by atoms with Crippen LogP contribution in [0.15, 0.2) is 35.5 Å². The highest BCUT2D eigenvalue weighted by atomic mass is 16.5. The summed E-state index contributed by atoms with van der Waals surface area (Å²) in [4.78, 5) is 29.0. The zero-order chi connectivity index (χ0) is 18.3. The van der Waals surface area contributed by atoms with Crippen LogP contribution in [0.2, 0.25) is 0 Å². The Morgan fingerprint density at radius 3 is 2.52 bits per heavy atom. The predicted molar refractivity (Wildman–Crippen MR) is 95.1 cm³/mol. The van der Waals surface area contributed by atoms with Crippen molar-refractivity contribution in [2.24, 2.45) is 5.92 Å². The van der Waals surface area contributed by atoms with Crippen LogP contribution < -0.4 is 10.1 Å². The molecule has 1 aromatic rings. The van der Waals surface area contributed by atoms with Crippen LogP contribution in [0.25, 0.3) is 0 Å². The van der Waals surface area contributed by atoms with Gasteiger partial charge >= 0.3 is 6.03 Å². The highest BCUT2D eigenvalue weighted by Gasteiger charge is 2.45. The highest BCUT2D eigenvalue weighted by molar-refractivity contribution is 6.01. The van der Waals surface area contributed by atoms with Gasteiger partial charge in [0.15, 0.2) is 0 Å². The van der Waals surface area contributed by atoms with Crippen molar-refractivity contribution in [1.82, 2.24) is 15.1 Å². The zero-order valence-electron chi connectivity index (χ0n) is 15.4. The average molecular weight is 343 g/mol. The van der Waals surface area contributed by atoms with Crippen molar-refractivity contribution < 1.29 is 14.3 Å². The van der Waals surface area contributed by atoms with Crippen LogP contribution >= 0.6 is 0 Å². The molecule has 2 aliphatic rings. The van der Waals surface area contributed by atoms with E-state index in [0.717, 1.165) is 11.3 Å². The number of methoxy groups -OCH3 is 1. The van der Waals surface area contributed by atoms with E-state index in [4.69, 9.17) is 4.74 Å². The van der Waals surface area contributed by atoms with Gasteiger partial charge in [-0.25, -0.2) is 4.79 Å². The number of benzene rings is 1. The van der Waals surface area contributed by atoms with Gasteiger partial charge in [-0.2, -0.15) is 0 Å². The van der Waals surface area contributed by atoms with Crippen LogP contribution in [0.4, 0.5) is 4.79 Å². The molecule has 0 spiro atoms. The van der Waals surface area contributed by atoms with Crippen molar-refractivity contribution >= 4 is 11.9 Å². The monoisotopic (exact) mass is 343 g/mol. The van der Waals surface area contributed by atoms with Crippen molar-refractivity contribution in [3.8, 4) is 5.75 Å². The van der Waals surface area contributed by atoms with Gasteiger partial charge in [0, 0.05) is 18.7 Å². The number of amides is 3. The number of nitrogens with one attached hydrogen (secondary N) is 1. The number of nitrogens with zero attached hydrogens (tertiary/aromatic N) is 2. The fraction of sp³-hybridized carbons (Fsp3) is 0.474. The van der Waals surface area contributed by atoms with Gasteiger partial charge in [-0.3, -0.25) is 9.69 Å². The number of likely N-dealkylation sites (N-methyl/N-ethyl adjacent to an activating group) is 1. The number of urea groups is 1. The maximum atomic E-state index is 13.2. The van der Waals surface area contributed by atoms with Gasteiger partial charge in [0.1, 0.15) is 5.75 Å². The van der Waals surface area contributed by atoms with E-state index in [1.165, 1.54) is 0 Å². The summed E-state index contributed by atoms with van der Waals surface area (Å²) in [5.74, 6) is 0.982. The Bertz CT molecular complexity index is 741. The summed E-state index contributed by atoms with van der Waals surface area (Å²) in [5, 5.41) is 2.95. The smallest absolute Gasteiger partial charge is 0.322 e. The molecular weight excluding hydrogens is 318 g/mol. The predicted octanol–water partition coefficient (Wildman–Crippen LogP) is 2.53. The summed E-state index contributed by atoms with van der Waals surface area (Å²) >= 11 is 0. The van der Waals surface area contributed by atoms with E-state index in [1.54, 1.807) is 19.1 Å². The molecule has 1 N–H and O–H groups in total. The number of carbonyl (C=O) groups is 2. The maximum Gasteiger partial charge on any atom is 0.322 e. The molecule has 6 nitrogen and oxygen atoms in total. The summed E-state index contributed by atoms with van der Waals surface area (Å²) in [5.41, 5.74) is 2.21. The molecule has 0 bridgehead atoms. The number of hydrogen-bond donors (Lipinski definition) is 1. The second-order valence-corrected chi connectivity index (χ2v) is 6.96. The lowest BCUT2D eigenvalue weighted by atomic mass is 9.95. The molecule has 3 rings (SSSR count). The number of para-hydroxylation sites is 1. The lowest BCUT2D eigenvalue weighted by Gasteiger charge is -2.31. The highest BCUT2D eigenvalue weighted by Crippen LogP contribution is 2.39. The normalized spacial score (nSPS) is 21.6. The molecular formula is C19H25N3O3. The number of rotatable bonds is 4. The summed E-state index contributed by atoms with van der Waals surface area (Å²) < 4.78 is 5.44. The second kappa shape index (κ2) is 6.43. The summed E-state index contributed by atoms with van der Waals surface area (Å²) in [6.07, 6.45) is 0. The van der Waals surface area contributed by atoms with Crippen molar-refractivity contribution in [2.75, 3.05) is 20.7 Å². The molecule has 0 saturated carbocycles. The van der Waals surface area contributed by atoms with E-state index >= 15 is 0 Å². The fourth-order valence-corrected chi connectivity index (χ4v) is 3.42. The van der Waals surface area contributed by atoms with Crippen LogP contribution in [0.3, 0.4) is 0 Å². The molecule has 6 heteroatoms. The molecule has 2 heterocycles. The van der Waals surface area contributed by atoms with E-state index in [-0.39, 0.29) is 18.0 Å². The van der Waals surface area contributed by atoms with Crippen molar-refractivity contribution in [3.05, 3.63) is 41.1 Å². The molecule has 25 heavy (non-hydrogen) atoms. The minimum atomic E-state index is -0.494. The van der Waals surface area contributed by atoms with E-state index in [2.05, 4.69) is 19.2 Å². The first kappa shape index (κ1) is 17.3. The standard InChI is InChI=1S/C19H25N3O3/c1-11(2)12(3)22-10-14-16(18(22)23)17(20-19(24)21(14)4)13-8-6-7-9-15(13)25-5/h6-9,11-12,17H,10H2,1-5H3,(H,20,24)/t12-,17+/m0/s1. The maximum absolute atomic E-state index is 13.2. The topological polar surface area (TPSA) is 61.9 Å². The molecule has 2 atom stereocenters. The first-order chi connectivity index (χ1) is 11.9. The Kier molecular flexibility index (Phi) is 4.45. The van der Waals surface area contributed by atoms with E-state index < -0.39 is 6.04 Å². The molecule has 0 aliphatic carbocycles. The first-order valence-corrected chi connectivity index (χ1v) is 8.58. The van der Waals surface area contributed by atoms with E-state index in [9.17, 15) is 9.59 Å². The second-order valence-electron chi connectivity index (χ2n) is 6.96. The van der Waals surface area contributed by atoms with E-state index in [1.807, 2.05) is 36.1 Å². The van der Waals surface area contributed by atoms with Gasteiger partial charge in [-0.05, 0) is 18.9 Å². The lowest BCUT2D eigenvalue weighted by Crippen LogP contribution is -2.45. The average Bonchev–Trinajstić information content (AvgIpc) is 2.95. The summed E-state index contributed by atoms with van der Waals surface area (Å²) in [7, 11) is 3.30. The van der Waals surface area contributed by atoms with Crippen molar-refractivity contribution in [3.63, 3.8) is 0 Å². The van der Waals surface area contributed by atoms with Crippen molar-refractivity contribution in [1.29, 1.82) is 0 Å². The molecule has 3 amide bonds. The molecule has 2 aliphatic heterocycles. The number of ether oxygens (including phenoxy) is 1. The third-order valence-corrected chi connectivity index (χ3v) is 5.29. The third-order valence-electron chi connectivity index (χ3n) is 5.29. The largest absolute Gasteiger partial charge is 0.496 e. The SMILES string of the molecule is COc1ccccc1[C@H]1NC(=O)N(C)C2=C1C(=O)N([C@@H](C)C(C)C)C2. The van der Waals surface area contributed by atoms with E-state index in [0.29, 0.717) is 23.8 Å². The first-order valence-electron chi connectivity index (χ1n) is 8.58. The number of carbonyl (C=O) groups excluding carboxylic acids is 2. The van der Waals surface area contributed by atoms with Gasteiger partial charge in [0.2, 0.25) is 0 Å². The minimum Gasteiger partial charge on any atom is -0.496 e. The molecule has 0 saturated heterocycles. The third kappa shape index (κ3) is 2.75. The van der Waals surface area contributed by atoms with Gasteiger partial charge in [-0.1, -0.05) is 32.0 Å². The van der Waals surface area contributed by atoms with Crippen LogP contribution in [0.1, 0.15) is 32.4 Å². The fourth-order valence-electron chi connectivity index (χ4n) is 3.42. The molecule has 134 valence electrons.